The molecular weight excluding hydrogens is 389 g/mol. The molecule has 8 nitrogen and oxygen atoms in total. The highest BCUT2D eigenvalue weighted by Crippen LogP contribution is 2.44. The highest BCUT2D eigenvalue weighted by Gasteiger charge is 2.34. The van der Waals surface area contributed by atoms with Gasteiger partial charge in [-0.2, -0.15) is 13.2 Å². The molecule has 1 fully saturated rings. The summed E-state index contributed by atoms with van der Waals surface area (Å²) >= 11 is 0. The fourth-order valence-electron chi connectivity index (χ4n) is 2.74. The summed E-state index contributed by atoms with van der Waals surface area (Å²) in [7, 11) is 1.48. The van der Waals surface area contributed by atoms with E-state index in [-0.39, 0.29) is 23.2 Å². The van der Waals surface area contributed by atoms with E-state index in [1.165, 1.54) is 19.3 Å². The number of hydrazone groups is 1. The summed E-state index contributed by atoms with van der Waals surface area (Å²) in [5, 5.41) is 7.68. The standard InChI is InChI=1S/C18H27F3N6O2/c1-17(2,3)14(15(22)26-27(4)23)25-16(28)12-7-13(29-9-18(19,20)21)11(8-24-12)10-5-6-10/h7-8,10,14H,5-6,9,23H2,1-4H3,(H2,22,26)(H,25,28). The average molecular weight is 416 g/mol. The van der Waals surface area contributed by atoms with Crippen molar-refractivity contribution in [2.24, 2.45) is 22.1 Å². The summed E-state index contributed by atoms with van der Waals surface area (Å²) in [5.74, 6) is 5.08. The summed E-state index contributed by atoms with van der Waals surface area (Å²) in [4.78, 5) is 16.8. The van der Waals surface area contributed by atoms with Crippen LogP contribution >= 0.6 is 0 Å². The van der Waals surface area contributed by atoms with Crippen LogP contribution in [-0.4, -0.2) is 47.7 Å². The first kappa shape index (κ1) is 22.7. The Bertz CT molecular complexity index is 770. The second-order valence-corrected chi connectivity index (χ2v) is 8.16. The van der Waals surface area contributed by atoms with Crippen LogP contribution in [0.15, 0.2) is 17.4 Å². The molecule has 0 aliphatic heterocycles. The molecule has 1 saturated carbocycles. The summed E-state index contributed by atoms with van der Waals surface area (Å²) in [6, 6.07) is 0.544. The Morgan fingerprint density at radius 2 is 2.03 bits per heavy atom. The Balaban J connectivity index is 2.26. The van der Waals surface area contributed by atoms with Crippen LogP contribution in [0.4, 0.5) is 13.2 Å². The maximum Gasteiger partial charge on any atom is 0.422 e. The van der Waals surface area contributed by atoms with Crippen LogP contribution in [0.25, 0.3) is 0 Å². The minimum atomic E-state index is -4.48. The van der Waals surface area contributed by atoms with Crippen molar-refractivity contribution in [1.29, 1.82) is 0 Å². The highest BCUT2D eigenvalue weighted by molar-refractivity contribution is 5.97. The van der Waals surface area contributed by atoms with Crippen LogP contribution in [0.3, 0.4) is 0 Å². The number of nitrogens with two attached hydrogens (primary N) is 2. The zero-order valence-electron chi connectivity index (χ0n) is 16.9. The molecule has 0 bridgehead atoms. The van der Waals surface area contributed by atoms with Gasteiger partial charge in [0.05, 0.1) is 6.04 Å². The van der Waals surface area contributed by atoms with Gasteiger partial charge in [-0.1, -0.05) is 20.8 Å². The molecule has 0 saturated heterocycles. The Morgan fingerprint density at radius 3 is 2.52 bits per heavy atom. The molecule has 162 valence electrons. The first-order chi connectivity index (χ1) is 13.3. The number of hydrogen-bond donors (Lipinski definition) is 3. The molecule has 1 atom stereocenters. The van der Waals surface area contributed by atoms with E-state index >= 15 is 0 Å². The molecule has 1 aliphatic rings. The quantitative estimate of drug-likeness (QED) is 0.271. The van der Waals surface area contributed by atoms with E-state index in [9.17, 15) is 18.0 Å². The van der Waals surface area contributed by atoms with Crippen molar-refractivity contribution in [3.05, 3.63) is 23.5 Å². The largest absolute Gasteiger partial charge is 0.484 e. The molecule has 29 heavy (non-hydrogen) atoms. The third-order valence-corrected chi connectivity index (χ3v) is 4.25. The normalized spacial score (nSPS) is 16.3. The van der Waals surface area contributed by atoms with Gasteiger partial charge in [0.2, 0.25) is 0 Å². The van der Waals surface area contributed by atoms with Crippen LogP contribution in [-0.2, 0) is 0 Å². The van der Waals surface area contributed by atoms with Gasteiger partial charge >= 0.3 is 6.18 Å². The van der Waals surface area contributed by atoms with E-state index in [2.05, 4.69) is 15.4 Å². The number of hydrogen-bond acceptors (Lipinski definition) is 6. The third-order valence-electron chi connectivity index (χ3n) is 4.25. The average Bonchev–Trinajstić information content (AvgIpc) is 3.39. The maximum absolute atomic E-state index is 12.7. The number of halogens is 3. The number of ether oxygens (including phenoxy) is 1. The smallest absolute Gasteiger partial charge is 0.422 e. The van der Waals surface area contributed by atoms with Gasteiger partial charge < -0.3 is 15.8 Å². The topological polar surface area (TPSA) is 119 Å². The lowest BCUT2D eigenvalue weighted by molar-refractivity contribution is -0.153. The van der Waals surface area contributed by atoms with Gasteiger partial charge in [-0.05, 0) is 24.2 Å². The molecule has 1 aromatic heterocycles. The molecular formula is C18H27F3N6O2. The molecule has 1 unspecified atom stereocenters. The van der Waals surface area contributed by atoms with Crippen LogP contribution in [0.1, 0.15) is 55.6 Å². The molecule has 0 radical (unpaired) electrons. The first-order valence-electron chi connectivity index (χ1n) is 9.10. The van der Waals surface area contributed by atoms with E-state index in [1.54, 1.807) is 0 Å². The van der Waals surface area contributed by atoms with Gasteiger partial charge in [0.25, 0.3) is 5.91 Å². The van der Waals surface area contributed by atoms with Gasteiger partial charge in [-0.15, -0.1) is 5.10 Å². The molecule has 0 aromatic carbocycles. The van der Waals surface area contributed by atoms with Gasteiger partial charge in [0.1, 0.15) is 17.3 Å². The third kappa shape index (κ3) is 6.77. The van der Waals surface area contributed by atoms with Gasteiger partial charge in [0, 0.05) is 24.9 Å². The number of nitrogens with one attached hydrogen (secondary N) is 1. The van der Waals surface area contributed by atoms with Crippen LogP contribution in [0, 0.1) is 5.41 Å². The number of aromatic nitrogens is 1. The van der Waals surface area contributed by atoms with E-state index in [0.717, 1.165) is 18.0 Å². The van der Waals surface area contributed by atoms with Crippen LogP contribution in [0.5, 0.6) is 5.75 Å². The SMILES string of the molecule is CN(N)/N=C(\N)C(NC(=O)c1cc(OCC(F)(F)F)c(C2CC2)cn1)C(C)(C)C. The van der Waals surface area contributed by atoms with Crippen molar-refractivity contribution in [1.82, 2.24) is 15.4 Å². The number of carbonyl (C=O) groups excluding carboxylic acids is 1. The maximum atomic E-state index is 12.7. The van der Waals surface area contributed by atoms with E-state index in [4.69, 9.17) is 16.3 Å². The molecule has 1 aromatic rings. The van der Waals surface area contributed by atoms with Crippen LogP contribution in [0.2, 0.25) is 0 Å². The van der Waals surface area contributed by atoms with E-state index < -0.39 is 30.1 Å². The lowest BCUT2D eigenvalue weighted by atomic mass is 9.86. The summed E-state index contributed by atoms with van der Waals surface area (Å²) in [6.45, 7) is 4.10. The fourth-order valence-corrected chi connectivity index (χ4v) is 2.74. The minimum absolute atomic E-state index is 0.0145. The number of alkyl halides is 3. The number of pyridine rings is 1. The monoisotopic (exact) mass is 416 g/mol. The van der Waals surface area contributed by atoms with Crippen molar-refractivity contribution >= 4 is 11.7 Å². The second-order valence-electron chi connectivity index (χ2n) is 8.16. The molecule has 0 spiro atoms. The lowest BCUT2D eigenvalue weighted by Crippen LogP contribution is -2.53. The number of hydrazine groups is 1. The van der Waals surface area contributed by atoms with Gasteiger partial charge in [0.15, 0.2) is 6.61 Å². The van der Waals surface area contributed by atoms with Crippen molar-refractivity contribution in [3.63, 3.8) is 0 Å². The van der Waals surface area contributed by atoms with Crippen LogP contribution < -0.4 is 21.6 Å². The second kappa shape index (κ2) is 8.44. The summed E-state index contributed by atoms with van der Waals surface area (Å²) < 4.78 is 42.7. The van der Waals surface area contributed by atoms with Gasteiger partial charge in [-0.25, -0.2) is 11.0 Å². The molecule has 1 heterocycles. The summed E-state index contributed by atoms with van der Waals surface area (Å²) in [6.07, 6.45) is -1.39. The van der Waals surface area contributed by atoms with Crippen molar-refractivity contribution < 1.29 is 22.7 Å². The lowest BCUT2D eigenvalue weighted by Gasteiger charge is -2.31. The molecule has 2 rings (SSSR count). The predicted molar refractivity (Wildman–Crippen MR) is 102 cm³/mol. The molecule has 5 N–H and O–H groups in total. The predicted octanol–water partition coefficient (Wildman–Crippen LogP) is 2.12. The van der Waals surface area contributed by atoms with E-state index in [0.29, 0.717) is 5.56 Å². The number of carbonyl (C=O) groups is 1. The molecule has 1 aliphatic carbocycles. The number of amides is 1. The molecule has 11 heteroatoms. The summed E-state index contributed by atoms with van der Waals surface area (Å²) in [5.41, 5.74) is 5.96. The first-order valence-corrected chi connectivity index (χ1v) is 9.10. The number of rotatable bonds is 7. The van der Waals surface area contributed by atoms with Gasteiger partial charge in [-0.3, -0.25) is 9.78 Å². The van der Waals surface area contributed by atoms with Crippen molar-refractivity contribution in [2.75, 3.05) is 13.7 Å². The Labute approximate surface area is 167 Å². The minimum Gasteiger partial charge on any atom is -0.484 e. The van der Waals surface area contributed by atoms with E-state index in [1.807, 2.05) is 20.8 Å². The highest BCUT2D eigenvalue weighted by atomic mass is 19.4. The zero-order valence-corrected chi connectivity index (χ0v) is 16.9. The Kier molecular flexibility index (Phi) is 6.61. The zero-order chi connectivity index (χ0) is 22.0. The number of nitrogens with zero attached hydrogens (tertiary/aromatic N) is 3. The Hall–Kier alpha value is -2.56. The number of amidine groups is 1. The molecule has 1 amide bonds. The Morgan fingerprint density at radius 1 is 1.41 bits per heavy atom. The fraction of sp³-hybridized carbons (Fsp3) is 0.611. The van der Waals surface area contributed by atoms with Crippen molar-refractivity contribution in [3.8, 4) is 5.75 Å². The van der Waals surface area contributed by atoms with Crippen molar-refractivity contribution in [2.45, 2.75) is 51.7 Å².